The van der Waals surface area contributed by atoms with E-state index in [1.54, 1.807) is 0 Å². The highest BCUT2D eigenvalue weighted by molar-refractivity contribution is 5.21. The van der Waals surface area contributed by atoms with Crippen molar-refractivity contribution in [2.45, 2.75) is 101 Å². The van der Waals surface area contributed by atoms with Crippen LogP contribution in [-0.4, -0.2) is 77.3 Å². The van der Waals surface area contributed by atoms with Crippen LogP contribution in [0.2, 0.25) is 0 Å². The predicted molar refractivity (Wildman–Crippen MR) is 115 cm³/mol. The first kappa shape index (κ1) is 27.6. The van der Waals surface area contributed by atoms with Gasteiger partial charge in [0.05, 0.1) is 6.61 Å². The zero-order valence-corrected chi connectivity index (χ0v) is 19.0. The van der Waals surface area contributed by atoms with Gasteiger partial charge in [0, 0.05) is 17.7 Å². The largest absolute Gasteiger partial charge is 0.394 e. The molecule has 0 aromatic carbocycles. The number of H-pyrrole nitrogens is 2. The number of halogens is 1. The summed E-state index contributed by atoms with van der Waals surface area (Å²) in [6.45, 7) is 2.72. The Morgan fingerprint density at radius 3 is 2.39 bits per heavy atom. The lowest BCUT2D eigenvalue weighted by atomic mass is 9.81. The fourth-order valence-electron chi connectivity index (χ4n) is 4.44. The molecule has 0 amide bonds. The van der Waals surface area contributed by atoms with Gasteiger partial charge in [0.25, 0.3) is 5.56 Å². The number of hydrogen-bond donors (Lipinski definition) is 7. The Kier molecular flexibility index (Phi) is 9.73. The van der Waals surface area contributed by atoms with E-state index in [-0.39, 0.29) is 23.5 Å². The molecule has 1 aromatic rings. The second-order valence-corrected chi connectivity index (χ2v) is 8.53. The van der Waals surface area contributed by atoms with E-state index in [2.05, 4.69) is 11.9 Å². The molecular weight excluding hydrogens is 441 g/mol. The van der Waals surface area contributed by atoms with Crippen LogP contribution in [0.3, 0.4) is 0 Å². The molecule has 0 bridgehead atoms. The van der Waals surface area contributed by atoms with Gasteiger partial charge in [-0.15, -0.1) is 5.06 Å². The number of hydroxylamine groups is 2. The summed E-state index contributed by atoms with van der Waals surface area (Å²) in [5.74, 6) is -4.34. The van der Waals surface area contributed by atoms with Gasteiger partial charge < -0.3 is 35.4 Å². The average molecular weight is 478 g/mol. The van der Waals surface area contributed by atoms with E-state index in [0.717, 1.165) is 31.9 Å². The number of aromatic amines is 2. The van der Waals surface area contributed by atoms with Crippen molar-refractivity contribution < 1.29 is 34.8 Å². The number of alkyl halides is 1. The molecular formula is C21H36FN3O8. The normalized spacial score (nSPS) is 29.5. The number of nitrogens with one attached hydrogen (secondary N) is 2. The zero-order valence-electron chi connectivity index (χ0n) is 19.0. The number of nitrogens with zero attached hydrogens (tertiary/aromatic N) is 1. The molecule has 190 valence electrons. The molecule has 0 spiro atoms. The Balaban J connectivity index is 2.35. The maximum Gasteiger partial charge on any atom is 0.325 e. The van der Waals surface area contributed by atoms with Gasteiger partial charge in [-0.2, -0.15) is 0 Å². The first-order valence-electron chi connectivity index (χ1n) is 11.4. The van der Waals surface area contributed by atoms with Crippen molar-refractivity contribution in [3.63, 3.8) is 0 Å². The minimum atomic E-state index is -3.13. The number of aliphatic hydroxyl groups excluding tert-OH is 2. The van der Waals surface area contributed by atoms with Crippen molar-refractivity contribution in [2.24, 2.45) is 0 Å². The predicted octanol–water partition coefficient (Wildman–Crippen LogP) is 0.423. The second kappa shape index (κ2) is 11.6. The van der Waals surface area contributed by atoms with Crippen molar-refractivity contribution in [3.05, 3.63) is 32.6 Å². The Hall–Kier alpha value is -1.67. The summed E-state index contributed by atoms with van der Waals surface area (Å²) in [6.07, 6.45) is -0.114. The molecule has 1 aliphatic heterocycles. The topological polar surface area (TPSA) is 179 Å². The van der Waals surface area contributed by atoms with Crippen LogP contribution in [-0.2, 0) is 4.74 Å². The van der Waals surface area contributed by atoms with E-state index < -0.39 is 53.8 Å². The van der Waals surface area contributed by atoms with Gasteiger partial charge in [-0.3, -0.25) is 9.78 Å². The van der Waals surface area contributed by atoms with Crippen molar-refractivity contribution >= 4 is 0 Å². The minimum absolute atomic E-state index is 0.0823. The summed E-state index contributed by atoms with van der Waals surface area (Å²) in [7, 11) is 0. The van der Waals surface area contributed by atoms with Gasteiger partial charge in [-0.1, -0.05) is 46.0 Å². The van der Waals surface area contributed by atoms with Crippen molar-refractivity contribution in [1.82, 2.24) is 15.0 Å². The van der Waals surface area contributed by atoms with Crippen molar-refractivity contribution in [1.29, 1.82) is 0 Å². The number of unbranched alkanes of at least 4 members (excludes halogenated alkanes) is 5. The molecule has 2 heterocycles. The molecule has 12 heteroatoms. The summed E-state index contributed by atoms with van der Waals surface area (Å²) in [5.41, 5.74) is -5.08. The smallest absolute Gasteiger partial charge is 0.325 e. The van der Waals surface area contributed by atoms with Gasteiger partial charge in [0.2, 0.25) is 11.5 Å². The third-order valence-corrected chi connectivity index (χ3v) is 6.32. The highest BCUT2D eigenvalue weighted by Gasteiger charge is 2.71. The quantitative estimate of drug-likeness (QED) is 0.0917. The highest BCUT2D eigenvalue weighted by Crippen LogP contribution is 2.49. The number of rotatable bonds is 13. The molecule has 1 saturated heterocycles. The van der Waals surface area contributed by atoms with Crippen LogP contribution in [0.5, 0.6) is 0 Å². The van der Waals surface area contributed by atoms with E-state index in [0.29, 0.717) is 12.8 Å². The van der Waals surface area contributed by atoms with Crippen LogP contribution in [0, 0.1) is 0 Å². The van der Waals surface area contributed by atoms with Crippen LogP contribution in [0.1, 0.15) is 76.7 Å². The second-order valence-electron chi connectivity index (χ2n) is 8.53. The summed E-state index contributed by atoms with van der Waals surface area (Å²) < 4.78 is 20.3. The highest BCUT2D eigenvalue weighted by atomic mass is 19.1. The van der Waals surface area contributed by atoms with Gasteiger partial charge >= 0.3 is 5.69 Å². The number of aliphatic hydroxyl groups is 4. The van der Waals surface area contributed by atoms with Crippen LogP contribution in [0.4, 0.5) is 4.39 Å². The first-order valence-corrected chi connectivity index (χ1v) is 11.4. The van der Waals surface area contributed by atoms with Crippen LogP contribution >= 0.6 is 0 Å². The van der Waals surface area contributed by atoms with Crippen LogP contribution in [0.25, 0.3) is 0 Å². The molecule has 2 unspecified atom stereocenters. The lowest BCUT2D eigenvalue weighted by Gasteiger charge is -2.46. The van der Waals surface area contributed by atoms with Crippen LogP contribution < -0.4 is 11.2 Å². The maximum atomic E-state index is 15.0. The molecule has 11 nitrogen and oxygen atoms in total. The summed E-state index contributed by atoms with van der Waals surface area (Å²) in [6, 6.07) is 0. The maximum absolute atomic E-state index is 15.0. The summed E-state index contributed by atoms with van der Waals surface area (Å²) >= 11 is 0. The van der Waals surface area contributed by atoms with Gasteiger partial charge in [-0.25, -0.2) is 9.18 Å². The molecule has 33 heavy (non-hydrogen) atoms. The minimum Gasteiger partial charge on any atom is -0.394 e. The lowest BCUT2D eigenvalue weighted by molar-refractivity contribution is -0.403. The number of hydrogen-bond acceptors (Lipinski definition) is 9. The zero-order chi connectivity index (χ0) is 24.8. The Morgan fingerprint density at radius 1 is 1.18 bits per heavy atom. The van der Waals surface area contributed by atoms with Crippen molar-refractivity contribution in [3.8, 4) is 0 Å². The lowest BCUT2D eigenvalue weighted by Crippen LogP contribution is -2.69. The first-order chi connectivity index (χ1) is 15.6. The fraction of sp³-hybridized carbons (Fsp3) is 0.810. The van der Waals surface area contributed by atoms with E-state index >= 15 is 0 Å². The molecule has 7 N–H and O–H groups in total. The number of aromatic nitrogens is 2. The molecule has 1 aliphatic rings. The number of ether oxygens (including phenoxy) is 1. The van der Waals surface area contributed by atoms with E-state index in [1.807, 2.05) is 4.98 Å². The third-order valence-electron chi connectivity index (χ3n) is 6.32. The molecule has 2 rings (SSSR count). The Morgan fingerprint density at radius 2 is 1.82 bits per heavy atom. The molecule has 0 radical (unpaired) electrons. The summed E-state index contributed by atoms with van der Waals surface area (Å²) in [4.78, 5) is 28.0. The molecule has 6 atom stereocenters. The van der Waals surface area contributed by atoms with E-state index in [9.17, 15) is 39.6 Å². The molecule has 1 fully saturated rings. The van der Waals surface area contributed by atoms with Gasteiger partial charge in [0.1, 0.15) is 12.2 Å². The molecule has 0 aliphatic carbocycles. The van der Waals surface area contributed by atoms with Gasteiger partial charge in [-0.05, 0) is 19.3 Å². The molecule has 0 saturated carbocycles. The van der Waals surface area contributed by atoms with E-state index in [1.165, 1.54) is 6.92 Å². The SMILES string of the molecule is CCCCCCCCC(F)N(O)[C@@]1(O)[C@H](O)[C@@H](CO)O[C@]1(O)C(CC)c1c[nH]c(=O)[nH]c1=O. The Bertz CT molecular complexity index is 866. The average Bonchev–Trinajstić information content (AvgIpc) is 2.99. The Labute approximate surface area is 190 Å². The fourth-order valence-corrected chi connectivity index (χ4v) is 4.44. The monoisotopic (exact) mass is 477 g/mol. The van der Waals surface area contributed by atoms with Crippen molar-refractivity contribution in [2.75, 3.05) is 6.61 Å². The molecule has 1 aromatic heterocycles. The third kappa shape index (κ3) is 5.37. The van der Waals surface area contributed by atoms with Crippen LogP contribution in [0.15, 0.2) is 15.8 Å². The van der Waals surface area contributed by atoms with Gasteiger partial charge in [0.15, 0.2) is 6.30 Å². The van der Waals surface area contributed by atoms with E-state index in [4.69, 9.17) is 4.74 Å². The summed E-state index contributed by atoms with van der Waals surface area (Å²) in [5, 5.41) is 53.4. The standard InChI is InChI=1S/C21H36FN3O8/c1-3-5-6-7-8-9-10-16(22)25(32)20(30)17(27)15(12-26)33-21(20,31)14(4-2)13-11-23-19(29)24-18(13)28/h11,14-17,26-27,30-32H,3-10,12H2,1-2H3,(H2,23,24,28,29)/t14?,15-,16?,17-,20-,21-/m1/s1.